The lowest BCUT2D eigenvalue weighted by molar-refractivity contribution is -0.116. The van der Waals surface area contributed by atoms with Gasteiger partial charge in [-0.15, -0.1) is 0 Å². The SMILES string of the molecule is CCCC1(c2ccc(OC)c(OC)c2)C=CC(=O)CC1C. The van der Waals surface area contributed by atoms with E-state index >= 15 is 0 Å². The summed E-state index contributed by atoms with van der Waals surface area (Å²) in [6.45, 7) is 4.34. The third-order valence-electron chi connectivity index (χ3n) is 4.54. The summed E-state index contributed by atoms with van der Waals surface area (Å²) >= 11 is 0. The first-order valence-electron chi connectivity index (χ1n) is 7.52. The van der Waals surface area contributed by atoms with Crippen molar-refractivity contribution in [3.8, 4) is 11.5 Å². The first-order valence-corrected chi connectivity index (χ1v) is 7.52. The van der Waals surface area contributed by atoms with Gasteiger partial charge in [-0.2, -0.15) is 0 Å². The number of ketones is 1. The molecule has 0 N–H and O–H groups in total. The zero-order valence-corrected chi connectivity index (χ0v) is 13.3. The molecular formula is C18H24O3. The van der Waals surface area contributed by atoms with E-state index in [9.17, 15) is 4.79 Å². The average molecular weight is 288 g/mol. The minimum absolute atomic E-state index is 0.0950. The highest BCUT2D eigenvalue weighted by Crippen LogP contribution is 2.44. The van der Waals surface area contributed by atoms with Crippen molar-refractivity contribution in [2.45, 2.75) is 38.5 Å². The molecule has 2 unspecified atom stereocenters. The minimum atomic E-state index is -0.0950. The molecule has 0 fully saturated rings. The summed E-state index contributed by atoms with van der Waals surface area (Å²) in [6, 6.07) is 6.08. The van der Waals surface area contributed by atoms with Crippen LogP contribution in [-0.4, -0.2) is 20.0 Å². The lowest BCUT2D eigenvalue weighted by Crippen LogP contribution is -2.36. The van der Waals surface area contributed by atoms with Gasteiger partial charge in [0.1, 0.15) is 0 Å². The largest absolute Gasteiger partial charge is 0.493 e. The predicted molar refractivity (Wildman–Crippen MR) is 84.1 cm³/mol. The van der Waals surface area contributed by atoms with E-state index in [1.807, 2.05) is 12.1 Å². The second-order valence-corrected chi connectivity index (χ2v) is 5.76. The molecule has 0 aromatic heterocycles. The topological polar surface area (TPSA) is 35.5 Å². The molecule has 1 aromatic carbocycles. The monoisotopic (exact) mass is 288 g/mol. The number of carbonyl (C=O) groups excluding carboxylic acids is 1. The highest BCUT2D eigenvalue weighted by Gasteiger charge is 2.38. The summed E-state index contributed by atoms with van der Waals surface area (Å²) in [4.78, 5) is 11.7. The Labute approximate surface area is 127 Å². The minimum Gasteiger partial charge on any atom is -0.493 e. The summed E-state index contributed by atoms with van der Waals surface area (Å²) in [7, 11) is 3.29. The molecule has 0 radical (unpaired) electrons. The van der Waals surface area contributed by atoms with Crippen LogP contribution in [0.25, 0.3) is 0 Å². The van der Waals surface area contributed by atoms with Crippen molar-refractivity contribution in [3.63, 3.8) is 0 Å². The van der Waals surface area contributed by atoms with Crippen LogP contribution >= 0.6 is 0 Å². The van der Waals surface area contributed by atoms with Gasteiger partial charge in [0.25, 0.3) is 0 Å². The molecule has 21 heavy (non-hydrogen) atoms. The van der Waals surface area contributed by atoms with Gasteiger partial charge in [0.05, 0.1) is 14.2 Å². The van der Waals surface area contributed by atoms with Crippen LogP contribution in [0.15, 0.2) is 30.4 Å². The number of carbonyl (C=O) groups is 1. The number of hydrogen-bond donors (Lipinski definition) is 0. The molecule has 2 atom stereocenters. The zero-order valence-electron chi connectivity index (χ0n) is 13.3. The Hall–Kier alpha value is -1.77. The lowest BCUT2D eigenvalue weighted by Gasteiger charge is -2.39. The van der Waals surface area contributed by atoms with Crippen LogP contribution in [-0.2, 0) is 10.2 Å². The molecule has 1 aliphatic rings. The van der Waals surface area contributed by atoms with Crippen LogP contribution in [0.3, 0.4) is 0 Å². The van der Waals surface area contributed by atoms with Gasteiger partial charge in [0.2, 0.25) is 0 Å². The standard InChI is InChI=1S/C18H24O3/c1-5-9-18(10-8-15(19)11-13(18)2)14-6-7-16(20-3)17(12-14)21-4/h6-8,10,12-13H,5,9,11H2,1-4H3. The van der Waals surface area contributed by atoms with Crippen molar-refractivity contribution in [1.29, 1.82) is 0 Å². The Morgan fingerprint density at radius 1 is 1.24 bits per heavy atom. The highest BCUT2D eigenvalue weighted by molar-refractivity contribution is 5.91. The Morgan fingerprint density at radius 2 is 1.95 bits per heavy atom. The predicted octanol–water partition coefficient (Wildman–Crippen LogP) is 3.91. The molecule has 0 saturated carbocycles. The second kappa shape index (κ2) is 6.33. The number of ether oxygens (including phenoxy) is 2. The molecule has 0 bridgehead atoms. The zero-order chi connectivity index (χ0) is 15.5. The number of rotatable bonds is 5. The van der Waals surface area contributed by atoms with Gasteiger partial charge in [-0.25, -0.2) is 0 Å². The van der Waals surface area contributed by atoms with E-state index in [2.05, 4.69) is 26.0 Å². The Kier molecular flexibility index (Phi) is 4.71. The molecule has 1 aromatic rings. The third kappa shape index (κ3) is 2.82. The molecule has 1 aliphatic carbocycles. The van der Waals surface area contributed by atoms with Crippen LogP contribution in [0.5, 0.6) is 11.5 Å². The quantitative estimate of drug-likeness (QED) is 0.824. The van der Waals surface area contributed by atoms with Crippen molar-refractivity contribution < 1.29 is 14.3 Å². The summed E-state index contributed by atoms with van der Waals surface area (Å²) in [5.41, 5.74) is 1.10. The van der Waals surface area contributed by atoms with E-state index in [1.165, 1.54) is 5.56 Å². The molecule has 0 saturated heterocycles. The van der Waals surface area contributed by atoms with Crippen molar-refractivity contribution in [3.05, 3.63) is 35.9 Å². The first-order chi connectivity index (χ1) is 10.1. The smallest absolute Gasteiger partial charge is 0.161 e. The summed E-state index contributed by atoms with van der Waals surface area (Å²) in [5.74, 6) is 1.97. The molecule has 3 nitrogen and oxygen atoms in total. The average Bonchev–Trinajstić information content (AvgIpc) is 2.49. The van der Waals surface area contributed by atoms with Gasteiger partial charge in [0, 0.05) is 11.8 Å². The van der Waals surface area contributed by atoms with Crippen molar-refractivity contribution in [2.75, 3.05) is 14.2 Å². The van der Waals surface area contributed by atoms with Crippen LogP contribution in [0.1, 0.15) is 38.7 Å². The summed E-state index contributed by atoms with van der Waals surface area (Å²) < 4.78 is 10.7. The molecule has 3 heteroatoms. The van der Waals surface area contributed by atoms with Crippen LogP contribution in [0, 0.1) is 5.92 Å². The van der Waals surface area contributed by atoms with E-state index in [-0.39, 0.29) is 17.1 Å². The van der Waals surface area contributed by atoms with Crippen LogP contribution < -0.4 is 9.47 Å². The molecular weight excluding hydrogens is 264 g/mol. The molecule has 114 valence electrons. The van der Waals surface area contributed by atoms with Crippen molar-refractivity contribution >= 4 is 5.78 Å². The van der Waals surface area contributed by atoms with E-state index in [4.69, 9.17) is 9.47 Å². The number of benzene rings is 1. The third-order valence-corrected chi connectivity index (χ3v) is 4.54. The lowest BCUT2D eigenvalue weighted by atomic mass is 9.64. The number of methoxy groups -OCH3 is 2. The fourth-order valence-electron chi connectivity index (χ4n) is 3.35. The first kappa shape index (κ1) is 15.6. The number of allylic oxidation sites excluding steroid dienone is 2. The maximum absolute atomic E-state index is 11.7. The summed E-state index contributed by atoms with van der Waals surface area (Å²) in [5, 5.41) is 0. The van der Waals surface area contributed by atoms with Crippen molar-refractivity contribution in [1.82, 2.24) is 0 Å². The van der Waals surface area contributed by atoms with Crippen LogP contribution in [0.2, 0.25) is 0 Å². The summed E-state index contributed by atoms with van der Waals surface area (Å²) in [6.07, 6.45) is 6.52. The number of hydrogen-bond acceptors (Lipinski definition) is 3. The van der Waals surface area contributed by atoms with Gasteiger partial charge in [-0.1, -0.05) is 32.4 Å². The van der Waals surface area contributed by atoms with Gasteiger partial charge >= 0.3 is 0 Å². The molecule has 2 rings (SSSR count). The van der Waals surface area contributed by atoms with E-state index < -0.39 is 0 Å². The Morgan fingerprint density at radius 3 is 2.52 bits per heavy atom. The van der Waals surface area contributed by atoms with Crippen LogP contribution in [0.4, 0.5) is 0 Å². The Balaban J connectivity index is 2.52. The van der Waals surface area contributed by atoms with Gasteiger partial charge in [-0.05, 0) is 36.1 Å². The maximum atomic E-state index is 11.7. The van der Waals surface area contributed by atoms with E-state index in [0.717, 1.165) is 24.3 Å². The fourth-order valence-corrected chi connectivity index (χ4v) is 3.35. The van der Waals surface area contributed by atoms with Crippen molar-refractivity contribution in [2.24, 2.45) is 5.92 Å². The molecule has 0 spiro atoms. The van der Waals surface area contributed by atoms with Gasteiger partial charge < -0.3 is 9.47 Å². The van der Waals surface area contributed by atoms with Gasteiger partial charge in [0.15, 0.2) is 17.3 Å². The second-order valence-electron chi connectivity index (χ2n) is 5.76. The van der Waals surface area contributed by atoms with E-state index in [1.54, 1.807) is 20.3 Å². The normalized spacial score (nSPS) is 25.0. The fraction of sp³-hybridized carbons (Fsp3) is 0.500. The highest BCUT2D eigenvalue weighted by atomic mass is 16.5. The molecule has 0 aliphatic heterocycles. The van der Waals surface area contributed by atoms with Gasteiger partial charge in [-0.3, -0.25) is 4.79 Å². The molecule has 0 heterocycles. The maximum Gasteiger partial charge on any atom is 0.161 e. The Bertz CT molecular complexity index is 547. The van der Waals surface area contributed by atoms with E-state index in [0.29, 0.717) is 6.42 Å². The molecule has 0 amide bonds.